The van der Waals surface area contributed by atoms with Crippen molar-refractivity contribution in [2.45, 2.75) is 26.3 Å². The molecule has 2 rings (SSSR count). The van der Waals surface area contributed by atoms with Crippen molar-refractivity contribution in [1.29, 1.82) is 0 Å². The number of hydrogen-bond acceptors (Lipinski definition) is 2. The normalized spacial score (nSPS) is 10.3. The summed E-state index contributed by atoms with van der Waals surface area (Å²) >= 11 is 0. The molecule has 0 aliphatic heterocycles. The lowest BCUT2D eigenvalue weighted by atomic mass is 10.1. The van der Waals surface area contributed by atoms with E-state index in [4.69, 9.17) is 4.74 Å². The van der Waals surface area contributed by atoms with E-state index in [1.54, 1.807) is 12.0 Å². The molecule has 0 saturated heterocycles. The number of methoxy groups -OCH3 is 1. The van der Waals surface area contributed by atoms with Crippen molar-refractivity contribution in [3.8, 4) is 5.75 Å². The third-order valence-corrected chi connectivity index (χ3v) is 3.81. The molecule has 3 nitrogen and oxygen atoms in total. The Balaban J connectivity index is 1.99. The van der Waals surface area contributed by atoms with Crippen molar-refractivity contribution >= 4 is 5.91 Å². The molecule has 0 heterocycles. The van der Waals surface area contributed by atoms with E-state index in [1.807, 2.05) is 31.3 Å². The molecular formula is C19H23NO2. The first kappa shape index (κ1) is 16.1. The van der Waals surface area contributed by atoms with Crippen LogP contribution in [0, 0.1) is 0 Å². The van der Waals surface area contributed by atoms with Crippen molar-refractivity contribution in [3.63, 3.8) is 0 Å². The number of benzene rings is 2. The van der Waals surface area contributed by atoms with Gasteiger partial charge in [-0.3, -0.25) is 4.79 Å². The second-order valence-corrected chi connectivity index (χ2v) is 5.41. The molecule has 1 amide bonds. The Hall–Kier alpha value is -2.29. The van der Waals surface area contributed by atoms with E-state index in [-0.39, 0.29) is 5.91 Å². The summed E-state index contributed by atoms with van der Waals surface area (Å²) in [6, 6.07) is 16.1. The van der Waals surface area contributed by atoms with Gasteiger partial charge in [0.25, 0.3) is 0 Å². The summed E-state index contributed by atoms with van der Waals surface area (Å²) in [7, 11) is 3.47. The molecule has 116 valence electrons. The second-order valence-electron chi connectivity index (χ2n) is 5.41. The van der Waals surface area contributed by atoms with Crippen LogP contribution in [0.4, 0.5) is 0 Å². The van der Waals surface area contributed by atoms with E-state index >= 15 is 0 Å². The van der Waals surface area contributed by atoms with Gasteiger partial charge in [0.1, 0.15) is 5.75 Å². The van der Waals surface area contributed by atoms with Gasteiger partial charge in [-0.05, 0) is 23.6 Å². The highest BCUT2D eigenvalue weighted by Crippen LogP contribution is 2.18. The molecular weight excluding hydrogens is 274 g/mol. The molecule has 0 saturated carbocycles. The number of aryl methyl sites for hydroxylation is 1. The third-order valence-electron chi connectivity index (χ3n) is 3.81. The predicted molar refractivity (Wildman–Crippen MR) is 89.0 cm³/mol. The van der Waals surface area contributed by atoms with Gasteiger partial charge in [-0.2, -0.15) is 0 Å². The fourth-order valence-electron chi connectivity index (χ4n) is 2.39. The summed E-state index contributed by atoms with van der Waals surface area (Å²) < 4.78 is 5.30. The van der Waals surface area contributed by atoms with E-state index in [0.717, 1.165) is 23.3 Å². The number of nitrogens with zero attached hydrogens (tertiary/aromatic N) is 1. The standard InChI is InChI=1S/C19H23NO2/c1-4-15-9-11-16(12-10-15)14-20(2)19(21)13-17-7-5-6-8-18(17)22-3/h5-12H,4,13-14H2,1-3H3. The van der Waals surface area contributed by atoms with E-state index < -0.39 is 0 Å². The topological polar surface area (TPSA) is 29.5 Å². The molecule has 0 fully saturated rings. The number of likely N-dealkylation sites (N-methyl/N-ethyl adjacent to an activating group) is 1. The van der Waals surface area contributed by atoms with Crippen LogP contribution in [-0.2, 0) is 24.2 Å². The van der Waals surface area contributed by atoms with Crippen LogP contribution in [0.2, 0.25) is 0 Å². The van der Waals surface area contributed by atoms with Crippen LogP contribution in [0.5, 0.6) is 5.75 Å². The summed E-state index contributed by atoms with van der Waals surface area (Å²) in [6.07, 6.45) is 1.39. The highest BCUT2D eigenvalue weighted by molar-refractivity contribution is 5.79. The summed E-state index contributed by atoms with van der Waals surface area (Å²) in [5.41, 5.74) is 3.38. The Morgan fingerprint density at radius 3 is 2.32 bits per heavy atom. The average Bonchev–Trinajstić information content (AvgIpc) is 2.56. The van der Waals surface area contributed by atoms with Crippen LogP contribution >= 0.6 is 0 Å². The summed E-state index contributed by atoms with van der Waals surface area (Å²) in [5, 5.41) is 0. The zero-order valence-electron chi connectivity index (χ0n) is 13.5. The molecule has 0 radical (unpaired) electrons. The largest absolute Gasteiger partial charge is 0.496 e. The van der Waals surface area contributed by atoms with Crippen LogP contribution in [0.3, 0.4) is 0 Å². The predicted octanol–water partition coefficient (Wildman–Crippen LogP) is 3.46. The SMILES string of the molecule is CCc1ccc(CN(C)C(=O)Cc2ccccc2OC)cc1. The van der Waals surface area contributed by atoms with Gasteiger partial charge in [0.15, 0.2) is 0 Å². The molecule has 0 atom stereocenters. The lowest BCUT2D eigenvalue weighted by molar-refractivity contribution is -0.129. The Labute approximate surface area is 132 Å². The van der Waals surface area contributed by atoms with Gasteiger partial charge >= 0.3 is 0 Å². The monoisotopic (exact) mass is 297 g/mol. The second kappa shape index (κ2) is 7.64. The molecule has 3 heteroatoms. The number of carbonyl (C=O) groups excluding carboxylic acids is 1. The van der Waals surface area contributed by atoms with E-state index in [0.29, 0.717) is 13.0 Å². The van der Waals surface area contributed by atoms with Crippen molar-refractivity contribution < 1.29 is 9.53 Å². The Kier molecular flexibility index (Phi) is 5.59. The van der Waals surface area contributed by atoms with Gasteiger partial charge in [0, 0.05) is 19.2 Å². The van der Waals surface area contributed by atoms with E-state index in [1.165, 1.54) is 5.56 Å². The van der Waals surface area contributed by atoms with Crippen LogP contribution < -0.4 is 4.74 Å². The molecule has 2 aromatic carbocycles. The van der Waals surface area contributed by atoms with Gasteiger partial charge in [0.05, 0.1) is 13.5 Å². The van der Waals surface area contributed by atoms with Crippen LogP contribution in [0.1, 0.15) is 23.6 Å². The molecule has 2 aromatic rings. The number of hydrogen-bond donors (Lipinski definition) is 0. The Bertz CT molecular complexity index is 620. The number of rotatable bonds is 6. The number of ether oxygens (including phenoxy) is 1. The third kappa shape index (κ3) is 4.10. The first-order chi connectivity index (χ1) is 10.6. The number of carbonyl (C=O) groups is 1. The van der Waals surface area contributed by atoms with Crippen molar-refractivity contribution in [2.24, 2.45) is 0 Å². The minimum absolute atomic E-state index is 0.0871. The quantitative estimate of drug-likeness (QED) is 0.817. The fraction of sp³-hybridized carbons (Fsp3) is 0.316. The average molecular weight is 297 g/mol. The van der Waals surface area contributed by atoms with Crippen LogP contribution in [0.15, 0.2) is 48.5 Å². The molecule has 22 heavy (non-hydrogen) atoms. The maximum Gasteiger partial charge on any atom is 0.227 e. The summed E-state index contributed by atoms with van der Waals surface area (Å²) in [6.45, 7) is 2.76. The van der Waals surface area contributed by atoms with Crippen molar-refractivity contribution in [2.75, 3.05) is 14.2 Å². The molecule has 0 bridgehead atoms. The molecule has 0 aromatic heterocycles. The van der Waals surface area contributed by atoms with Crippen LogP contribution in [-0.4, -0.2) is 25.0 Å². The van der Waals surface area contributed by atoms with Gasteiger partial charge in [-0.15, -0.1) is 0 Å². The highest BCUT2D eigenvalue weighted by Gasteiger charge is 2.13. The van der Waals surface area contributed by atoms with Crippen molar-refractivity contribution in [1.82, 2.24) is 4.90 Å². The summed E-state index contributed by atoms with van der Waals surface area (Å²) in [5.74, 6) is 0.848. The minimum atomic E-state index is 0.0871. The zero-order chi connectivity index (χ0) is 15.9. The molecule has 0 N–H and O–H groups in total. The zero-order valence-corrected chi connectivity index (χ0v) is 13.5. The lowest BCUT2D eigenvalue weighted by Gasteiger charge is -2.18. The summed E-state index contributed by atoms with van der Waals surface area (Å²) in [4.78, 5) is 14.1. The number of para-hydroxylation sites is 1. The van der Waals surface area contributed by atoms with Gasteiger partial charge in [-0.25, -0.2) is 0 Å². The molecule has 0 aliphatic carbocycles. The molecule has 0 spiro atoms. The molecule has 0 unspecified atom stereocenters. The first-order valence-electron chi connectivity index (χ1n) is 7.57. The number of amides is 1. The lowest BCUT2D eigenvalue weighted by Crippen LogP contribution is -2.27. The van der Waals surface area contributed by atoms with E-state index in [2.05, 4.69) is 31.2 Å². The van der Waals surface area contributed by atoms with Gasteiger partial charge in [0.2, 0.25) is 5.91 Å². The van der Waals surface area contributed by atoms with Crippen molar-refractivity contribution in [3.05, 3.63) is 65.2 Å². The first-order valence-corrected chi connectivity index (χ1v) is 7.57. The highest BCUT2D eigenvalue weighted by atomic mass is 16.5. The van der Waals surface area contributed by atoms with Gasteiger partial charge < -0.3 is 9.64 Å². The Morgan fingerprint density at radius 2 is 1.68 bits per heavy atom. The minimum Gasteiger partial charge on any atom is -0.496 e. The maximum atomic E-state index is 12.4. The smallest absolute Gasteiger partial charge is 0.227 e. The molecule has 0 aliphatic rings. The van der Waals surface area contributed by atoms with E-state index in [9.17, 15) is 4.79 Å². The maximum absolute atomic E-state index is 12.4. The van der Waals surface area contributed by atoms with Crippen LogP contribution in [0.25, 0.3) is 0 Å². The Morgan fingerprint density at radius 1 is 1.05 bits per heavy atom. The van der Waals surface area contributed by atoms with Gasteiger partial charge in [-0.1, -0.05) is 49.4 Å². The fourth-order valence-corrected chi connectivity index (χ4v) is 2.39.